The summed E-state index contributed by atoms with van der Waals surface area (Å²) >= 11 is 0. The molecule has 0 bridgehead atoms. The van der Waals surface area contributed by atoms with Crippen LogP contribution in [0.1, 0.15) is 23.6 Å². The van der Waals surface area contributed by atoms with Gasteiger partial charge in [0.2, 0.25) is 0 Å². The number of nitrogens with zero attached hydrogens (tertiary/aromatic N) is 2. The van der Waals surface area contributed by atoms with Crippen molar-refractivity contribution in [3.05, 3.63) is 108 Å². The fourth-order valence-electron chi connectivity index (χ4n) is 2.33. The van der Waals surface area contributed by atoms with Gasteiger partial charge in [0, 0.05) is 12.3 Å². The summed E-state index contributed by atoms with van der Waals surface area (Å²) in [4.78, 5) is 3.63. The molecule has 6 heteroatoms. The number of allylic oxidation sites excluding steroid dienone is 6. The molecule has 0 aliphatic rings. The number of nitrogens with one attached hydrogen (secondary N) is 1. The first-order valence-corrected chi connectivity index (χ1v) is 9.69. The summed E-state index contributed by atoms with van der Waals surface area (Å²) < 4.78 is 16.4. The Kier molecular flexibility index (Phi) is 10.5. The molecule has 31 heavy (non-hydrogen) atoms. The van der Waals surface area contributed by atoms with Crippen molar-refractivity contribution in [1.82, 2.24) is 10.2 Å². The molecule has 1 N–H and O–H groups in total. The molecule has 0 aliphatic heterocycles. The number of ether oxygens (including phenoxy) is 2. The Morgan fingerprint density at radius 2 is 2.13 bits per heavy atom. The Labute approximate surface area is 183 Å². The van der Waals surface area contributed by atoms with Crippen molar-refractivity contribution in [1.29, 1.82) is 0 Å². The van der Waals surface area contributed by atoms with Gasteiger partial charge in [-0.2, -0.15) is 5.10 Å². The van der Waals surface area contributed by atoms with Crippen LogP contribution in [0.3, 0.4) is 0 Å². The van der Waals surface area contributed by atoms with Crippen LogP contribution in [-0.4, -0.2) is 30.6 Å². The van der Waals surface area contributed by atoms with Crippen LogP contribution in [0.2, 0.25) is 0 Å². The number of methoxy groups -OCH3 is 1. The van der Waals surface area contributed by atoms with Crippen LogP contribution in [-0.2, 0) is 9.47 Å². The second-order valence-corrected chi connectivity index (χ2v) is 6.07. The first kappa shape index (κ1) is 23.2. The number of aromatic nitrogens is 2. The maximum absolute atomic E-state index is 5.71. The molecular weight excluding hydrogens is 390 g/mol. The number of hydrogen-bond acceptors (Lipinski definition) is 5. The minimum atomic E-state index is 0.527. The fourth-order valence-corrected chi connectivity index (χ4v) is 2.33. The van der Waals surface area contributed by atoms with Gasteiger partial charge in [0.25, 0.3) is 0 Å². The van der Waals surface area contributed by atoms with E-state index < -0.39 is 0 Å². The lowest BCUT2D eigenvalue weighted by Crippen LogP contribution is -1.93. The van der Waals surface area contributed by atoms with Gasteiger partial charge in [-0.05, 0) is 67.8 Å². The number of H-pyrrole nitrogens is 1. The number of furan rings is 1. The van der Waals surface area contributed by atoms with E-state index in [9.17, 15) is 0 Å². The van der Waals surface area contributed by atoms with E-state index in [-0.39, 0.29) is 0 Å². The Balaban J connectivity index is 1.90. The SMILES string of the molecule is C=C\C(=C/C(=C/C=C/c1cc(/C=C/c2ccco2)n[nH]1)OC)OCC/C=C\C=C/N=C. The second-order valence-electron chi connectivity index (χ2n) is 6.07. The third-order valence-electron chi connectivity index (χ3n) is 3.83. The van der Waals surface area contributed by atoms with E-state index in [1.54, 1.807) is 31.7 Å². The maximum Gasteiger partial charge on any atom is 0.126 e. The predicted molar refractivity (Wildman–Crippen MR) is 127 cm³/mol. The van der Waals surface area contributed by atoms with Crippen molar-refractivity contribution in [2.75, 3.05) is 13.7 Å². The van der Waals surface area contributed by atoms with Gasteiger partial charge < -0.3 is 13.9 Å². The minimum absolute atomic E-state index is 0.527. The smallest absolute Gasteiger partial charge is 0.126 e. The first-order valence-electron chi connectivity index (χ1n) is 9.69. The summed E-state index contributed by atoms with van der Waals surface area (Å²) in [5, 5.41) is 7.21. The highest BCUT2D eigenvalue weighted by molar-refractivity contribution is 5.66. The summed E-state index contributed by atoms with van der Waals surface area (Å²) in [6, 6.07) is 5.65. The molecule has 6 nitrogen and oxygen atoms in total. The van der Waals surface area contributed by atoms with Gasteiger partial charge in [-0.3, -0.25) is 10.1 Å². The van der Waals surface area contributed by atoms with Gasteiger partial charge in [0.15, 0.2) is 0 Å². The van der Waals surface area contributed by atoms with Crippen LogP contribution in [0.15, 0.2) is 101 Å². The van der Waals surface area contributed by atoms with Crippen LogP contribution >= 0.6 is 0 Å². The van der Waals surface area contributed by atoms with Gasteiger partial charge in [-0.25, -0.2) is 0 Å². The lowest BCUT2D eigenvalue weighted by Gasteiger charge is -2.06. The molecule has 2 aromatic heterocycles. The highest BCUT2D eigenvalue weighted by Crippen LogP contribution is 2.11. The van der Waals surface area contributed by atoms with Crippen LogP contribution in [0, 0.1) is 0 Å². The molecular formula is C25H27N3O3. The average molecular weight is 418 g/mol. The molecule has 0 atom stereocenters. The monoisotopic (exact) mass is 417 g/mol. The molecule has 0 saturated heterocycles. The van der Waals surface area contributed by atoms with E-state index >= 15 is 0 Å². The van der Waals surface area contributed by atoms with Gasteiger partial charge in [0.1, 0.15) is 17.3 Å². The highest BCUT2D eigenvalue weighted by atomic mass is 16.5. The molecule has 0 fully saturated rings. The van der Waals surface area contributed by atoms with Crippen molar-refractivity contribution in [2.45, 2.75) is 6.42 Å². The zero-order chi connectivity index (χ0) is 22.2. The van der Waals surface area contributed by atoms with Gasteiger partial charge in [-0.1, -0.05) is 24.8 Å². The predicted octanol–water partition coefficient (Wildman–Crippen LogP) is 5.96. The Bertz CT molecular complexity index is 987. The second kappa shape index (κ2) is 14.0. The molecule has 0 radical (unpaired) electrons. The Hall–Kier alpha value is -4.06. The largest absolute Gasteiger partial charge is 0.497 e. The lowest BCUT2D eigenvalue weighted by atomic mass is 10.3. The Morgan fingerprint density at radius 3 is 2.87 bits per heavy atom. The first-order chi connectivity index (χ1) is 15.2. The molecule has 0 unspecified atom stereocenters. The number of aromatic amines is 1. The van der Waals surface area contributed by atoms with Crippen molar-refractivity contribution < 1.29 is 13.9 Å². The van der Waals surface area contributed by atoms with Gasteiger partial charge in [-0.15, -0.1) is 0 Å². The summed E-state index contributed by atoms with van der Waals surface area (Å²) in [6.45, 7) is 7.69. The molecule has 0 amide bonds. The third-order valence-corrected chi connectivity index (χ3v) is 3.83. The number of aliphatic imine (C=N–C) groups is 1. The van der Waals surface area contributed by atoms with Crippen molar-refractivity contribution in [3.8, 4) is 0 Å². The molecule has 2 aromatic rings. The summed E-state index contributed by atoms with van der Waals surface area (Å²) in [5.41, 5.74) is 1.67. The van der Waals surface area contributed by atoms with Crippen molar-refractivity contribution >= 4 is 24.9 Å². The molecule has 0 aromatic carbocycles. The number of hydrogen-bond donors (Lipinski definition) is 1. The van der Waals surface area contributed by atoms with Crippen molar-refractivity contribution in [3.63, 3.8) is 0 Å². The summed E-state index contributed by atoms with van der Waals surface area (Å²) in [5.74, 6) is 2.04. The molecule has 0 aliphatic carbocycles. The van der Waals surface area contributed by atoms with Crippen molar-refractivity contribution in [2.24, 2.45) is 4.99 Å². The molecule has 0 spiro atoms. The lowest BCUT2D eigenvalue weighted by molar-refractivity contribution is 0.226. The van der Waals surface area contributed by atoms with E-state index in [0.717, 1.165) is 23.6 Å². The van der Waals surface area contributed by atoms with Crippen LogP contribution in [0.25, 0.3) is 18.2 Å². The van der Waals surface area contributed by atoms with E-state index in [1.165, 1.54) is 0 Å². The topological polar surface area (TPSA) is 72.6 Å². The molecule has 160 valence electrons. The third kappa shape index (κ3) is 9.32. The van der Waals surface area contributed by atoms with Gasteiger partial charge >= 0.3 is 0 Å². The quantitative estimate of drug-likeness (QED) is 0.189. The van der Waals surface area contributed by atoms with E-state index in [2.05, 4.69) is 28.5 Å². The maximum atomic E-state index is 5.71. The van der Waals surface area contributed by atoms with Crippen LogP contribution in [0.5, 0.6) is 0 Å². The Morgan fingerprint density at radius 1 is 1.23 bits per heavy atom. The molecule has 2 rings (SSSR count). The zero-order valence-corrected chi connectivity index (χ0v) is 17.6. The highest BCUT2D eigenvalue weighted by Gasteiger charge is 1.97. The molecule has 2 heterocycles. The van der Waals surface area contributed by atoms with Gasteiger partial charge in [0.05, 0.1) is 31.4 Å². The van der Waals surface area contributed by atoms with Crippen LogP contribution < -0.4 is 0 Å². The standard InChI is InChI=1S/C25H27N3O3/c1-4-23(30-17-8-6-5-7-16-26-2)20-25(29-3)12-9-11-21-19-22(28-27-21)14-15-24-13-10-18-31-24/h4-7,9-16,18-20H,1-2,8,17H2,3H3,(H,27,28)/b6-5-,11-9+,15-14+,16-7-,23-20+,25-12-. The zero-order valence-electron chi connectivity index (χ0n) is 17.6. The average Bonchev–Trinajstić information content (AvgIpc) is 3.47. The summed E-state index contributed by atoms with van der Waals surface area (Å²) in [6.07, 6.45) is 22.5. The van der Waals surface area contributed by atoms with E-state index in [1.807, 2.05) is 66.8 Å². The molecule has 0 saturated carbocycles. The fraction of sp³-hybridized carbons (Fsp3) is 0.120. The van der Waals surface area contributed by atoms with Crippen LogP contribution in [0.4, 0.5) is 0 Å². The summed E-state index contributed by atoms with van der Waals surface area (Å²) in [7, 11) is 1.60. The number of rotatable bonds is 13. The van der Waals surface area contributed by atoms with E-state index in [0.29, 0.717) is 18.1 Å². The minimum Gasteiger partial charge on any atom is -0.497 e. The van der Waals surface area contributed by atoms with E-state index in [4.69, 9.17) is 13.9 Å². The normalized spacial score (nSPS) is 13.1.